The van der Waals surface area contributed by atoms with Crippen molar-refractivity contribution in [2.75, 3.05) is 18.1 Å². The van der Waals surface area contributed by atoms with Crippen molar-refractivity contribution in [1.82, 2.24) is 10.5 Å². The Morgan fingerprint density at radius 1 is 1.38 bits per heavy atom. The molecule has 1 saturated heterocycles. The summed E-state index contributed by atoms with van der Waals surface area (Å²) in [4.78, 5) is 12.1. The van der Waals surface area contributed by atoms with Crippen molar-refractivity contribution in [3.63, 3.8) is 0 Å². The highest BCUT2D eigenvalue weighted by Gasteiger charge is 2.30. The van der Waals surface area contributed by atoms with Gasteiger partial charge in [-0.3, -0.25) is 4.79 Å². The van der Waals surface area contributed by atoms with E-state index in [0.717, 1.165) is 54.2 Å². The van der Waals surface area contributed by atoms with E-state index in [9.17, 15) is 9.90 Å². The van der Waals surface area contributed by atoms with Gasteiger partial charge in [0.05, 0.1) is 17.7 Å². The molecular formula is C15H24N2O3S. The van der Waals surface area contributed by atoms with Crippen LogP contribution in [0.1, 0.15) is 43.7 Å². The van der Waals surface area contributed by atoms with E-state index >= 15 is 0 Å². The Hall–Kier alpha value is -1.01. The summed E-state index contributed by atoms with van der Waals surface area (Å²) in [5.74, 6) is 2.62. The molecule has 0 aliphatic carbocycles. The SMILES string of the molecule is CCc1noc(CC)c1CC(=O)NCC1(O)CCSCC1. The highest BCUT2D eigenvalue weighted by molar-refractivity contribution is 7.99. The lowest BCUT2D eigenvalue weighted by Crippen LogP contribution is -2.45. The van der Waals surface area contributed by atoms with E-state index in [1.54, 1.807) is 0 Å². The Balaban J connectivity index is 1.91. The first-order valence-electron chi connectivity index (χ1n) is 7.61. The minimum Gasteiger partial charge on any atom is -0.388 e. The number of hydrogen-bond acceptors (Lipinski definition) is 5. The molecule has 2 heterocycles. The Labute approximate surface area is 129 Å². The maximum atomic E-state index is 12.1. The quantitative estimate of drug-likeness (QED) is 0.836. The first-order chi connectivity index (χ1) is 10.1. The van der Waals surface area contributed by atoms with Crippen LogP contribution in [0.2, 0.25) is 0 Å². The van der Waals surface area contributed by atoms with Gasteiger partial charge in [0.15, 0.2) is 0 Å². The zero-order valence-electron chi connectivity index (χ0n) is 12.8. The van der Waals surface area contributed by atoms with Gasteiger partial charge in [0.2, 0.25) is 5.91 Å². The Kier molecular flexibility index (Phi) is 5.70. The number of hydrogen-bond donors (Lipinski definition) is 2. The summed E-state index contributed by atoms with van der Waals surface area (Å²) < 4.78 is 5.27. The highest BCUT2D eigenvalue weighted by atomic mass is 32.2. The number of aryl methyl sites for hydroxylation is 2. The number of aromatic nitrogens is 1. The fourth-order valence-corrected chi connectivity index (χ4v) is 3.80. The van der Waals surface area contributed by atoms with Crippen LogP contribution in [-0.4, -0.2) is 39.8 Å². The fraction of sp³-hybridized carbons (Fsp3) is 0.733. The molecule has 0 bridgehead atoms. The van der Waals surface area contributed by atoms with Crippen LogP contribution in [0.15, 0.2) is 4.52 Å². The monoisotopic (exact) mass is 312 g/mol. The molecule has 0 spiro atoms. The third kappa shape index (κ3) is 4.23. The van der Waals surface area contributed by atoms with E-state index in [0.29, 0.717) is 6.54 Å². The average molecular weight is 312 g/mol. The number of nitrogens with zero attached hydrogens (tertiary/aromatic N) is 1. The van der Waals surface area contributed by atoms with Gasteiger partial charge >= 0.3 is 0 Å². The number of amides is 1. The molecule has 1 aliphatic rings. The molecule has 0 radical (unpaired) electrons. The van der Waals surface area contributed by atoms with Gasteiger partial charge in [-0.15, -0.1) is 0 Å². The van der Waals surface area contributed by atoms with Gasteiger partial charge in [0.1, 0.15) is 5.76 Å². The van der Waals surface area contributed by atoms with Crippen LogP contribution in [0.5, 0.6) is 0 Å². The molecule has 1 aromatic rings. The van der Waals surface area contributed by atoms with Crippen LogP contribution in [-0.2, 0) is 24.1 Å². The number of carbonyl (C=O) groups is 1. The van der Waals surface area contributed by atoms with Crippen LogP contribution < -0.4 is 5.32 Å². The number of thioether (sulfide) groups is 1. The summed E-state index contributed by atoms with van der Waals surface area (Å²) in [5, 5.41) is 17.3. The van der Waals surface area contributed by atoms with Gasteiger partial charge in [-0.25, -0.2) is 0 Å². The van der Waals surface area contributed by atoms with Crippen molar-refractivity contribution < 1.29 is 14.4 Å². The predicted octanol–water partition coefficient (Wildman–Crippen LogP) is 1.72. The first kappa shape index (κ1) is 16.4. The molecule has 0 aromatic carbocycles. The minimum absolute atomic E-state index is 0.0748. The predicted molar refractivity (Wildman–Crippen MR) is 83.5 cm³/mol. The van der Waals surface area contributed by atoms with E-state index in [1.807, 2.05) is 25.6 Å². The molecule has 6 heteroatoms. The van der Waals surface area contributed by atoms with Crippen molar-refractivity contribution in [1.29, 1.82) is 0 Å². The maximum absolute atomic E-state index is 12.1. The lowest BCUT2D eigenvalue weighted by atomic mass is 9.96. The Morgan fingerprint density at radius 2 is 2.10 bits per heavy atom. The summed E-state index contributed by atoms with van der Waals surface area (Å²) in [6.07, 6.45) is 3.25. The van der Waals surface area contributed by atoms with Crippen molar-refractivity contribution >= 4 is 17.7 Å². The second-order valence-electron chi connectivity index (χ2n) is 5.53. The lowest BCUT2D eigenvalue weighted by Gasteiger charge is -2.31. The third-order valence-electron chi connectivity index (χ3n) is 3.98. The van der Waals surface area contributed by atoms with Gasteiger partial charge < -0.3 is 14.9 Å². The summed E-state index contributed by atoms with van der Waals surface area (Å²) >= 11 is 1.85. The summed E-state index contributed by atoms with van der Waals surface area (Å²) in [5.41, 5.74) is 1.02. The van der Waals surface area contributed by atoms with Gasteiger partial charge in [-0.1, -0.05) is 19.0 Å². The zero-order chi connectivity index (χ0) is 15.3. The van der Waals surface area contributed by atoms with Crippen LogP contribution in [0.4, 0.5) is 0 Å². The molecular weight excluding hydrogens is 288 g/mol. The van der Waals surface area contributed by atoms with Crippen molar-refractivity contribution in [2.45, 2.75) is 51.6 Å². The van der Waals surface area contributed by atoms with E-state index in [2.05, 4.69) is 10.5 Å². The first-order valence-corrected chi connectivity index (χ1v) is 8.76. The van der Waals surface area contributed by atoms with E-state index in [-0.39, 0.29) is 12.3 Å². The molecule has 0 atom stereocenters. The second kappa shape index (κ2) is 7.31. The topological polar surface area (TPSA) is 75.4 Å². The summed E-state index contributed by atoms with van der Waals surface area (Å²) in [6.45, 7) is 4.32. The standard InChI is InChI=1S/C15H24N2O3S/c1-3-12-11(13(4-2)20-17-12)9-14(18)16-10-15(19)5-7-21-8-6-15/h19H,3-10H2,1-2H3,(H,16,18). The molecule has 0 saturated carbocycles. The van der Waals surface area contributed by atoms with Crippen molar-refractivity contribution in [2.24, 2.45) is 0 Å². The molecule has 1 fully saturated rings. The van der Waals surface area contributed by atoms with Crippen molar-refractivity contribution in [3.8, 4) is 0 Å². The number of carbonyl (C=O) groups excluding carboxylic acids is 1. The molecule has 118 valence electrons. The van der Waals surface area contributed by atoms with Crippen LogP contribution in [0.25, 0.3) is 0 Å². The highest BCUT2D eigenvalue weighted by Crippen LogP contribution is 2.26. The fourth-order valence-electron chi connectivity index (χ4n) is 2.55. The van der Waals surface area contributed by atoms with Crippen LogP contribution >= 0.6 is 11.8 Å². The normalized spacial score (nSPS) is 17.7. The third-order valence-corrected chi connectivity index (χ3v) is 4.97. The molecule has 1 aromatic heterocycles. The van der Waals surface area contributed by atoms with Gasteiger partial charge in [-0.2, -0.15) is 11.8 Å². The molecule has 21 heavy (non-hydrogen) atoms. The van der Waals surface area contributed by atoms with E-state index < -0.39 is 5.60 Å². The Morgan fingerprint density at radius 3 is 2.71 bits per heavy atom. The van der Waals surface area contributed by atoms with Gasteiger partial charge in [0.25, 0.3) is 0 Å². The maximum Gasteiger partial charge on any atom is 0.224 e. The smallest absolute Gasteiger partial charge is 0.224 e. The molecule has 2 N–H and O–H groups in total. The average Bonchev–Trinajstić information content (AvgIpc) is 2.88. The van der Waals surface area contributed by atoms with Crippen LogP contribution in [0.3, 0.4) is 0 Å². The van der Waals surface area contributed by atoms with Gasteiger partial charge in [0, 0.05) is 18.5 Å². The van der Waals surface area contributed by atoms with E-state index in [1.165, 1.54) is 0 Å². The van der Waals surface area contributed by atoms with E-state index in [4.69, 9.17) is 4.52 Å². The molecule has 1 amide bonds. The number of rotatable bonds is 6. The summed E-state index contributed by atoms with van der Waals surface area (Å²) in [6, 6.07) is 0. The largest absolute Gasteiger partial charge is 0.388 e. The molecule has 5 nitrogen and oxygen atoms in total. The molecule has 1 aliphatic heterocycles. The number of aliphatic hydroxyl groups is 1. The summed E-state index contributed by atoms with van der Waals surface area (Å²) in [7, 11) is 0. The second-order valence-corrected chi connectivity index (χ2v) is 6.75. The van der Waals surface area contributed by atoms with Crippen LogP contribution in [0, 0.1) is 0 Å². The van der Waals surface area contributed by atoms with Gasteiger partial charge in [-0.05, 0) is 30.8 Å². The lowest BCUT2D eigenvalue weighted by molar-refractivity contribution is -0.121. The zero-order valence-corrected chi connectivity index (χ0v) is 13.6. The molecule has 0 unspecified atom stereocenters. The molecule has 2 rings (SSSR count). The van der Waals surface area contributed by atoms with Crippen molar-refractivity contribution in [3.05, 3.63) is 17.0 Å². The minimum atomic E-state index is -0.739. The Bertz CT molecular complexity index is 460. The number of nitrogens with one attached hydrogen (secondary N) is 1.